The third-order valence-corrected chi connectivity index (χ3v) is 1.23. The maximum absolute atomic E-state index is 9.94. The largest absolute Gasteiger partial charge is 0.285 e. The van der Waals surface area contributed by atoms with Gasteiger partial charge in [-0.15, -0.1) is 0 Å². The summed E-state index contributed by atoms with van der Waals surface area (Å²) in [7, 11) is -4.06. The SMILES string of the molecule is C=C(C#N)CS(=O)(=O)O. The van der Waals surface area contributed by atoms with Crippen LogP contribution in [0.4, 0.5) is 0 Å². The van der Waals surface area contributed by atoms with E-state index in [1.165, 1.54) is 6.07 Å². The lowest BCUT2D eigenvalue weighted by Gasteiger charge is -1.88. The Bertz CT molecular complexity index is 245. The Hall–Kier alpha value is -0.860. The van der Waals surface area contributed by atoms with Gasteiger partial charge in [0, 0.05) is 5.57 Å². The second kappa shape index (κ2) is 2.62. The summed E-state index contributed by atoms with van der Waals surface area (Å²) < 4.78 is 28.0. The average molecular weight is 147 g/mol. The molecule has 0 aliphatic heterocycles. The molecule has 0 rings (SSSR count). The smallest absolute Gasteiger partial charge is 0.269 e. The summed E-state index contributed by atoms with van der Waals surface area (Å²) in [5.41, 5.74) is -0.169. The first-order valence-corrected chi connectivity index (χ1v) is 3.59. The van der Waals surface area contributed by atoms with E-state index < -0.39 is 15.9 Å². The van der Waals surface area contributed by atoms with Gasteiger partial charge in [-0.05, 0) is 0 Å². The van der Waals surface area contributed by atoms with Crippen molar-refractivity contribution in [1.82, 2.24) is 0 Å². The van der Waals surface area contributed by atoms with Crippen LogP contribution in [0, 0.1) is 11.3 Å². The molecule has 0 aromatic carbocycles. The van der Waals surface area contributed by atoms with Gasteiger partial charge in [0.05, 0.1) is 6.07 Å². The third kappa shape index (κ3) is 5.00. The first kappa shape index (κ1) is 8.14. The van der Waals surface area contributed by atoms with Gasteiger partial charge >= 0.3 is 0 Å². The number of hydrogen-bond acceptors (Lipinski definition) is 3. The first-order valence-electron chi connectivity index (χ1n) is 1.99. The van der Waals surface area contributed by atoms with E-state index in [2.05, 4.69) is 6.58 Å². The topological polar surface area (TPSA) is 78.2 Å². The van der Waals surface area contributed by atoms with Crippen LogP contribution in [0.25, 0.3) is 0 Å². The monoisotopic (exact) mass is 147 g/mol. The summed E-state index contributed by atoms with van der Waals surface area (Å²) in [5, 5.41) is 7.97. The number of nitriles is 1. The molecule has 0 aromatic rings. The van der Waals surface area contributed by atoms with Crippen LogP contribution < -0.4 is 0 Å². The molecular weight excluding hydrogens is 142 g/mol. The Kier molecular flexibility index (Phi) is 2.37. The molecule has 0 unspecified atom stereocenters. The summed E-state index contributed by atoms with van der Waals surface area (Å²) in [6.07, 6.45) is 0. The summed E-state index contributed by atoms with van der Waals surface area (Å²) in [4.78, 5) is 0. The molecule has 0 atom stereocenters. The molecular formula is C4H5NO3S. The minimum Gasteiger partial charge on any atom is -0.285 e. The highest BCUT2D eigenvalue weighted by Gasteiger charge is 2.05. The average Bonchev–Trinajstić information content (AvgIpc) is 1.62. The number of rotatable bonds is 2. The van der Waals surface area contributed by atoms with Crippen molar-refractivity contribution in [2.24, 2.45) is 0 Å². The lowest BCUT2D eigenvalue weighted by atomic mass is 10.4. The molecule has 5 heteroatoms. The van der Waals surface area contributed by atoms with Crippen LogP contribution >= 0.6 is 0 Å². The third-order valence-electron chi connectivity index (χ3n) is 0.515. The summed E-state index contributed by atoms with van der Waals surface area (Å²) >= 11 is 0. The van der Waals surface area contributed by atoms with Gasteiger partial charge in [0.15, 0.2) is 0 Å². The van der Waals surface area contributed by atoms with Crippen LogP contribution in [0.15, 0.2) is 12.2 Å². The van der Waals surface area contributed by atoms with E-state index >= 15 is 0 Å². The van der Waals surface area contributed by atoms with Crippen LogP contribution in [0.2, 0.25) is 0 Å². The van der Waals surface area contributed by atoms with Gasteiger partial charge in [0.25, 0.3) is 10.1 Å². The highest BCUT2D eigenvalue weighted by Crippen LogP contribution is 1.91. The van der Waals surface area contributed by atoms with Gasteiger partial charge in [0.1, 0.15) is 5.75 Å². The standard InChI is InChI=1S/C4H5NO3S/c1-4(2-5)3-9(6,7)8/h1,3H2,(H,6,7,8). The minimum atomic E-state index is -4.06. The van der Waals surface area contributed by atoms with Gasteiger partial charge in [-0.25, -0.2) is 0 Å². The van der Waals surface area contributed by atoms with E-state index in [9.17, 15) is 8.42 Å². The fraction of sp³-hybridized carbons (Fsp3) is 0.250. The molecule has 0 aliphatic carbocycles. The van der Waals surface area contributed by atoms with Crippen molar-refractivity contribution in [3.8, 4) is 6.07 Å². The van der Waals surface area contributed by atoms with Crippen molar-refractivity contribution >= 4 is 10.1 Å². The van der Waals surface area contributed by atoms with Crippen molar-refractivity contribution < 1.29 is 13.0 Å². The van der Waals surface area contributed by atoms with Crippen molar-refractivity contribution in [2.45, 2.75) is 0 Å². The van der Waals surface area contributed by atoms with E-state index in [0.717, 1.165) is 0 Å². The fourth-order valence-corrected chi connectivity index (χ4v) is 0.757. The molecule has 50 valence electrons. The lowest BCUT2D eigenvalue weighted by Crippen LogP contribution is -2.04. The van der Waals surface area contributed by atoms with Crippen molar-refractivity contribution in [2.75, 3.05) is 5.75 Å². The molecule has 1 N–H and O–H groups in total. The molecule has 4 nitrogen and oxygen atoms in total. The molecule has 0 aromatic heterocycles. The van der Waals surface area contributed by atoms with Gasteiger partial charge in [0.2, 0.25) is 0 Å². The van der Waals surface area contributed by atoms with Crippen LogP contribution in [-0.4, -0.2) is 18.7 Å². The second-order valence-electron chi connectivity index (χ2n) is 1.44. The molecule has 0 spiro atoms. The van der Waals surface area contributed by atoms with Crippen LogP contribution in [0.5, 0.6) is 0 Å². The van der Waals surface area contributed by atoms with Gasteiger partial charge < -0.3 is 0 Å². The normalized spacial score (nSPS) is 10.2. The number of hydrogen-bond donors (Lipinski definition) is 1. The summed E-state index contributed by atoms with van der Waals surface area (Å²) in [5.74, 6) is -0.677. The molecule has 0 bridgehead atoms. The minimum absolute atomic E-state index is 0.169. The fourth-order valence-electron chi connectivity index (χ4n) is 0.252. The van der Waals surface area contributed by atoms with Crippen molar-refractivity contribution in [3.63, 3.8) is 0 Å². The Morgan fingerprint density at radius 1 is 1.78 bits per heavy atom. The first-order chi connectivity index (χ1) is 3.95. The Labute approximate surface area is 53.2 Å². The zero-order valence-corrected chi connectivity index (χ0v) is 5.35. The zero-order chi connectivity index (χ0) is 7.49. The molecule has 0 amide bonds. The molecule has 0 radical (unpaired) electrons. The molecule has 0 saturated heterocycles. The second-order valence-corrected chi connectivity index (χ2v) is 2.89. The van der Waals surface area contributed by atoms with Gasteiger partial charge in [-0.2, -0.15) is 13.7 Å². The van der Waals surface area contributed by atoms with E-state index in [4.69, 9.17) is 9.81 Å². The molecule has 0 saturated carbocycles. The quantitative estimate of drug-likeness (QED) is 0.439. The maximum Gasteiger partial charge on any atom is 0.269 e. The number of nitrogens with zero attached hydrogens (tertiary/aromatic N) is 1. The van der Waals surface area contributed by atoms with E-state index in [-0.39, 0.29) is 5.57 Å². The lowest BCUT2D eigenvalue weighted by molar-refractivity contribution is 0.486. The highest BCUT2D eigenvalue weighted by molar-refractivity contribution is 7.86. The Morgan fingerprint density at radius 2 is 2.22 bits per heavy atom. The van der Waals surface area contributed by atoms with Gasteiger partial charge in [-0.1, -0.05) is 6.58 Å². The highest BCUT2D eigenvalue weighted by atomic mass is 32.2. The summed E-state index contributed by atoms with van der Waals surface area (Å²) in [6.45, 7) is 3.06. The predicted molar refractivity (Wildman–Crippen MR) is 31.2 cm³/mol. The van der Waals surface area contributed by atoms with Crippen LogP contribution in [0.3, 0.4) is 0 Å². The van der Waals surface area contributed by atoms with E-state index in [1.807, 2.05) is 0 Å². The van der Waals surface area contributed by atoms with Crippen LogP contribution in [0.1, 0.15) is 0 Å². The van der Waals surface area contributed by atoms with Crippen LogP contribution in [-0.2, 0) is 10.1 Å². The van der Waals surface area contributed by atoms with E-state index in [0.29, 0.717) is 0 Å². The molecule has 0 fully saturated rings. The summed E-state index contributed by atoms with van der Waals surface area (Å²) in [6, 6.07) is 1.49. The maximum atomic E-state index is 9.94. The zero-order valence-electron chi connectivity index (χ0n) is 4.53. The van der Waals surface area contributed by atoms with Gasteiger partial charge in [-0.3, -0.25) is 4.55 Å². The Morgan fingerprint density at radius 3 is 2.33 bits per heavy atom. The predicted octanol–water partition coefficient (Wildman–Crippen LogP) is -0.0460. The van der Waals surface area contributed by atoms with Crippen molar-refractivity contribution in [3.05, 3.63) is 12.2 Å². The Balaban J connectivity index is 4.12. The molecule has 9 heavy (non-hydrogen) atoms. The molecule has 0 aliphatic rings. The van der Waals surface area contributed by atoms with Crippen molar-refractivity contribution in [1.29, 1.82) is 5.26 Å². The van der Waals surface area contributed by atoms with E-state index in [1.54, 1.807) is 0 Å². The molecule has 0 heterocycles.